The zero-order valence-electron chi connectivity index (χ0n) is 24.1. The van der Waals surface area contributed by atoms with E-state index >= 15 is 0 Å². The summed E-state index contributed by atoms with van der Waals surface area (Å²) in [5.41, 5.74) is 8.82. The van der Waals surface area contributed by atoms with Crippen LogP contribution in [-0.2, 0) is 12.8 Å². The van der Waals surface area contributed by atoms with Crippen LogP contribution in [0.25, 0.3) is 11.2 Å². The van der Waals surface area contributed by atoms with Gasteiger partial charge in [0.2, 0.25) is 0 Å². The van der Waals surface area contributed by atoms with Crippen molar-refractivity contribution < 1.29 is 0 Å². The van der Waals surface area contributed by atoms with E-state index in [0.29, 0.717) is 5.65 Å². The zero-order chi connectivity index (χ0) is 26.9. The van der Waals surface area contributed by atoms with Crippen LogP contribution in [0.1, 0.15) is 103 Å². The van der Waals surface area contributed by atoms with Crippen molar-refractivity contribution in [2.24, 2.45) is 0 Å². The Kier molecular flexibility index (Phi) is 10.4. The van der Waals surface area contributed by atoms with E-state index < -0.39 is 0 Å². The van der Waals surface area contributed by atoms with Crippen LogP contribution in [0.3, 0.4) is 0 Å². The molecule has 2 N–H and O–H groups in total. The molecule has 2 heterocycles. The Morgan fingerprint density at radius 3 is 2.32 bits per heavy atom. The quantitative estimate of drug-likeness (QED) is 0.219. The standard InChI is InChI=1S/C31H47N5O/c1-8-13-15-17-25-27(18-16-14-9-2)33-30-29(28(22(6)10-3)34-36(30)31(25)37)32-26-20-19-24(21-23(26)7)35(11-4)12-5/h10,19-21,32,34H,8-9,11-18H2,1-7H3. The Balaban J connectivity index is 2.15. The van der Waals surface area contributed by atoms with Gasteiger partial charge in [-0.15, -0.1) is 0 Å². The molecular formula is C31H47N5O. The van der Waals surface area contributed by atoms with Crippen LogP contribution in [0.4, 0.5) is 17.1 Å². The first-order chi connectivity index (χ1) is 17.9. The van der Waals surface area contributed by atoms with Crippen LogP contribution in [0.2, 0.25) is 0 Å². The van der Waals surface area contributed by atoms with Crippen molar-refractivity contribution in [3.63, 3.8) is 0 Å². The van der Waals surface area contributed by atoms with Crippen molar-refractivity contribution >= 4 is 28.3 Å². The molecule has 3 rings (SSSR count). The largest absolute Gasteiger partial charge is 0.372 e. The van der Waals surface area contributed by atoms with E-state index in [1.807, 2.05) is 6.92 Å². The number of fused-ring (bicyclic) bond motifs is 1. The fourth-order valence-electron chi connectivity index (χ4n) is 4.96. The van der Waals surface area contributed by atoms with Gasteiger partial charge in [-0.25, -0.2) is 4.98 Å². The Morgan fingerprint density at radius 2 is 1.73 bits per heavy atom. The molecule has 2 aromatic heterocycles. The van der Waals surface area contributed by atoms with Gasteiger partial charge in [0.15, 0.2) is 5.65 Å². The molecule has 37 heavy (non-hydrogen) atoms. The molecule has 0 amide bonds. The van der Waals surface area contributed by atoms with E-state index in [4.69, 9.17) is 4.98 Å². The smallest absolute Gasteiger partial charge is 0.276 e. The van der Waals surface area contributed by atoms with Crippen molar-refractivity contribution in [1.29, 1.82) is 0 Å². The molecule has 0 saturated carbocycles. The van der Waals surface area contributed by atoms with Gasteiger partial charge in [0, 0.05) is 30.0 Å². The monoisotopic (exact) mass is 505 g/mol. The summed E-state index contributed by atoms with van der Waals surface area (Å²) in [7, 11) is 0. The molecule has 0 saturated heterocycles. The van der Waals surface area contributed by atoms with Gasteiger partial charge in [-0.3, -0.25) is 9.89 Å². The van der Waals surface area contributed by atoms with Gasteiger partial charge < -0.3 is 10.2 Å². The maximum absolute atomic E-state index is 13.8. The Morgan fingerprint density at radius 1 is 1.05 bits per heavy atom. The van der Waals surface area contributed by atoms with E-state index in [1.165, 1.54) is 5.69 Å². The lowest BCUT2D eigenvalue weighted by Gasteiger charge is -2.22. The number of aryl methyl sites for hydroxylation is 2. The summed E-state index contributed by atoms with van der Waals surface area (Å²) in [6, 6.07) is 6.54. The van der Waals surface area contributed by atoms with Crippen molar-refractivity contribution in [2.45, 2.75) is 99.8 Å². The number of unbranched alkanes of at least 4 members (excludes halogenated alkanes) is 4. The lowest BCUT2D eigenvalue weighted by atomic mass is 10.0. The second kappa shape index (κ2) is 13.5. The topological polar surface area (TPSA) is 65.4 Å². The molecule has 0 bridgehead atoms. The van der Waals surface area contributed by atoms with Crippen LogP contribution in [0, 0.1) is 6.92 Å². The third-order valence-electron chi connectivity index (χ3n) is 7.43. The van der Waals surface area contributed by atoms with Crippen molar-refractivity contribution in [2.75, 3.05) is 23.3 Å². The zero-order valence-corrected chi connectivity index (χ0v) is 24.1. The molecule has 6 nitrogen and oxygen atoms in total. The van der Waals surface area contributed by atoms with Gasteiger partial charge in [0.25, 0.3) is 5.56 Å². The van der Waals surface area contributed by atoms with Crippen LogP contribution in [0.5, 0.6) is 0 Å². The summed E-state index contributed by atoms with van der Waals surface area (Å²) in [4.78, 5) is 21.3. The summed E-state index contributed by atoms with van der Waals surface area (Å²) in [6.45, 7) is 17.0. The minimum absolute atomic E-state index is 0.0411. The van der Waals surface area contributed by atoms with Crippen LogP contribution >= 0.6 is 0 Å². The number of nitrogens with one attached hydrogen (secondary N) is 2. The second-order valence-corrected chi connectivity index (χ2v) is 10.0. The molecule has 3 aromatic rings. The first-order valence-electron chi connectivity index (χ1n) is 14.3. The first-order valence-corrected chi connectivity index (χ1v) is 14.3. The summed E-state index contributed by atoms with van der Waals surface area (Å²) < 4.78 is 1.66. The van der Waals surface area contributed by atoms with Gasteiger partial charge in [-0.1, -0.05) is 45.6 Å². The van der Waals surface area contributed by atoms with Crippen LogP contribution < -0.4 is 15.8 Å². The SMILES string of the molecule is CC=C(C)c1[nH]n2c(=O)c(CCCCC)c(CCCCC)nc2c1Nc1ccc(N(CC)CC)cc1C. The molecular weight excluding hydrogens is 458 g/mol. The molecule has 0 unspecified atom stereocenters. The van der Waals surface area contributed by atoms with E-state index in [1.54, 1.807) is 4.52 Å². The van der Waals surface area contributed by atoms with Crippen molar-refractivity contribution in [3.05, 3.63) is 57.1 Å². The predicted octanol–water partition coefficient (Wildman–Crippen LogP) is 7.81. The van der Waals surface area contributed by atoms with E-state index in [-0.39, 0.29) is 5.56 Å². The second-order valence-electron chi connectivity index (χ2n) is 10.0. The number of allylic oxidation sites excluding steroid dienone is 2. The Hall–Kier alpha value is -3.02. The summed E-state index contributed by atoms with van der Waals surface area (Å²) in [5, 5.41) is 7.06. The highest BCUT2D eigenvalue weighted by Gasteiger charge is 2.21. The number of hydrogen-bond donors (Lipinski definition) is 2. The maximum atomic E-state index is 13.8. The highest BCUT2D eigenvalue weighted by Crippen LogP contribution is 2.32. The number of hydrogen-bond acceptors (Lipinski definition) is 4. The van der Waals surface area contributed by atoms with Gasteiger partial charge in [-0.2, -0.15) is 4.52 Å². The fraction of sp³-hybridized carbons (Fsp3) is 0.548. The minimum Gasteiger partial charge on any atom is -0.372 e. The third kappa shape index (κ3) is 6.46. The minimum atomic E-state index is 0.0411. The summed E-state index contributed by atoms with van der Waals surface area (Å²) in [5.74, 6) is 0. The van der Waals surface area contributed by atoms with Crippen molar-refractivity contribution in [3.8, 4) is 0 Å². The summed E-state index contributed by atoms with van der Waals surface area (Å²) >= 11 is 0. The highest BCUT2D eigenvalue weighted by atomic mass is 16.1. The number of H-pyrrole nitrogens is 1. The number of rotatable bonds is 14. The lowest BCUT2D eigenvalue weighted by Crippen LogP contribution is -2.23. The Bertz CT molecular complexity index is 1260. The highest BCUT2D eigenvalue weighted by molar-refractivity contribution is 5.86. The molecule has 0 spiro atoms. The fourth-order valence-corrected chi connectivity index (χ4v) is 4.96. The van der Waals surface area contributed by atoms with Crippen LogP contribution in [-0.4, -0.2) is 27.7 Å². The van der Waals surface area contributed by atoms with Gasteiger partial charge in [0.05, 0.1) is 11.4 Å². The lowest BCUT2D eigenvalue weighted by molar-refractivity contribution is 0.672. The molecule has 202 valence electrons. The summed E-state index contributed by atoms with van der Waals surface area (Å²) in [6.07, 6.45) is 10.3. The molecule has 0 atom stereocenters. The van der Waals surface area contributed by atoms with E-state index in [2.05, 4.69) is 81.1 Å². The Labute approximate surface area is 223 Å². The number of benzene rings is 1. The molecule has 0 aliphatic carbocycles. The molecule has 1 aromatic carbocycles. The first kappa shape index (κ1) is 28.5. The number of nitrogens with zero attached hydrogens (tertiary/aromatic N) is 3. The predicted molar refractivity (Wildman–Crippen MR) is 160 cm³/mol. The molecule has 0 aliphatic rings. The number of aromatic amines is 1. The average Bonchev–Trinajstić information content (AvgIpc) is 3.26. The number of anilines is 3. The third-order valence-corrected chi connectivity index (χ3v) is 7.43. The molecule has 6 heteroatoms. The van der Waals surface area contributed by atoms with Crippen LogP contribution in [0.15, 0.2) is 29.1 Å². The normalized spacial score (nSPS) is 11.9. The number of aromatic nitrogens is 3. The van der Waals surface area contributed by atoms with Gasteiger partial charge in [-0.05, 0) is 89.6 Å². The molecule has 0 aliphatic heterocycles. The maximum Gasteiger partial charge on any atom is 0.276 e. The van der Waals surface area contributed by atoms with E-state index in [0.717, 1.165) is 104 Å². The molecule has 0 radical (unpaired) electrons. The van der Waals surface area contributed by atoms with Crippen molar-refractivity contribution in [1.82, 2.24) is 14.6 Å². The van der Waals surface area contributed by atoms with E-state index in [9.17, 15) is 4.79 Å². The van der Waals surface area contributed by atoms with Gasteiger partial charge in [0.1, 0.15) is 5.69 Å². The molecule has 0 fully saturated rings. The van der Waals surface area contributed by atoms with Gasteiger partial charge >= 0.3 is 0 Å². The average molecular weight is 506 g/mol.